The number of rotatable bonds is 2. The van der Waals surface area contributed by atoms with Gasteiger partial charge in [0, 0.05) is 10.9 Å². The fourth-order valence-corrected chi connectivity index (χ4v) is 2.25. The molecule has 1 aromatic carbocycles. The van der Waals surface area contributed by atoms with E-state index >= 15 is 0 Å². The van der Waals surface area contributed by atoms with Gasteiger partial charge in [0.25, 0.3) is 0 Å². The van der Waals surface area contributed by atoms with E-state index < -0.39 is 5.97 Å². The molecule has 0 saturated heterocycles. The van der Waals surface area contributed by atoms with Gasteiger partial charge in [-0.15, -0.1) is 11.3 Å². The largest absolute Gasteiger partial charge is 0.476 e. The van der Waals surface area contributed by atoms with Crippen molar-refractivity contribution in [2.75, 3.05) is 0 Å². The third kappa shape index (κ3) is 1.94. The summed E-state index contributed by atoms with van der Waals surface area (Å²) in [6, 6.07) is 4.34. The average molecular weight is 237 g/mol. The van der Waals surface area contributed by atoms with E-state index in [9.17, 15) is 9.18 Å². The standard InChI is InChI=1S/C11H8FNO2S/c1-6-4-7(12)2-3-8(6)10-13-9(5-16-10)11(14)15/h2-5H,1H3,(H,14,15). The summed E-state index contributed by atoms with van der Waals surface area (Å²) < 4.78 is 12.9. The molecule has 82 valence electrons. The molecule has 5 heteroatoms. The van der Waals surface area contributed by atoms with Crippen LogP contribution >= 0.6 is 11.3 Å². The molecule has 2 aromatic rings. The molecule has 0 fully saturated rings. The fraction of sp³-hybridized carbons (Fsp3) is 0.0909. The smallest absolute Gasteiger partial charge is 0.355 e. The molecule has 0 amide bonds. The van der Waals surface area contributed by atoms with Crippen molar-refractivity contribution in [1.82, 2.24) is 4.98 Å². The molecule has 0 aliphatic rings. The fourth-order valence-electron chi connectivity index (χ4n) is 1.36. The van der Waals surface area contributed by atoms with Gasteiger partial charge in [-0.1, -0.05) is 0 Å². The normalized spacial score (nSPS) is 10.4. The van der Waals surface area contributed by atoms with Crippen molar-refractivity contribution in [2.24, 2.45) is 0 Å². The number of hydrogen-bond donors (Lipinski definition) is 1. The molecule has 0 radical (unpaired) electrons. The van der Waals surface area contributed by atoms with E-state index in [4.69, 9.17) is 5.11 Å². The van der Waals surface area contributed by atoms with E-state index in [2.05, 4.69) is 4.98 Å². The van der Waals surface area contributed by atoms with Crippen LogP contribution in [0.2, 0.25) is 0 Å². The Morgan fingerprint density at radius 1 is 1.50 bits per heavy atom. The Kier molecular flexibility index (Phi) is 2.70. The van der Waals surface area contributed by atoms with E-state index in [1.807, 2.05) is 0 Å². The van der Waals surface area contributed by atoms with E-state index in [-0.39, 0.29) is 11.5 Å². The number of halogens is 1. The number of hydrogen-bond acceptors (Lipinski definition) is 3. The molecule has 1 N–H and O–H groups in total. The lowest BCUT2D eigenvalue weighted by molar-refractivity contribution is 0.0691. The number of aromatic carboxylic acids is 1. The van der Waals surface area contributed by atoms with Gasteiger partial charge in [-0.3, -0.25) is 0 Å². The van der Waals surface area contributed by atoms with Crippen LogP contribution in [-0.4, -0.2) is 16.1 Å². The summed E-state index contributed by atoms with van der Waals surface area (Å²) in [5, 5.41) is 10.8. The zero-order valence-electron chi connectivity index (χ0n) is 8.40. The van der Waals surface area contributed by atoms with Crippen molar-refractivity contribution >= 4 is 17.3 Å². The minimum absolute atomic E-state index is 0.0173. The zero-order chi connectivity index (χ0) is 11.7. The van der Waals surface area contributed by atoms with Crippen molar-refractivity contribution < 1.29 is 14.3 Å². The van der Waals surface area contributed by atoms with E-state index in [1.165, 1.54) is 28.8 Å². The summed E-state index contributed by atoms with van der Waals surface area (Å²) in [7, 11) is 0. The maximum atomic E-state index is 12.9. The molecule has 2 rings (SSSR count). The molecule has 1 heterocycles. The second kappa shape index (κ2) is 4.02. The van der Waals surface area contributed by atoms with Crippen molar-refractivity contribution in [1.29, 1.82) is 0 Å². The van der Waals surface area contributed by atoms with Crippen molar-refractivity contribution in [3.8, 4) is 10.6 Å². The van der Waals surface area contributed by atoms with Gasteiger partial charge < -0.3 is 5.11 Å². The van der Waals surface area contributed by atoms with Gasteiger partial charge in [0.2, 0.25) is 0 Å². The highest BCUT2D eigenvalue weighted by molar-refractivity contribution is 7.13. The van der Waals surface area contributed by atoms with Gasteiger partial charge >= 0.3 is 5.97 Å². The molecule has 0 unspecified atom stereocenters. The second-order valence-electron chi connectivity index (χ2n) is 3.30. The van der Waals surface area contributed by atoms with Gasteiger partial charge in [-0.25, -0.2) is 14.2 Å². The lowest BCUT2D eigenvalue weighted by atomic mass is 10.1. The number of carbonyl (C=O) groups is 1. The Balaban J connectivity index is 2.46. The van der Waals surface area contributed by atoms with Crippen LogP contribution in [0.5, 0.6) is 0 Å². The van der Waals surface area contributed by atoms with Gasteiger partial charge in [0.15, 0.2) is 5.69 Å². The number of carboxylic acids is 1. The molecule has 3 nitrogen and oxygen atoms in total. The van der Waals surface area contributed by atoms with Crippen LogP contribution < -0.4 is 0 Å². The average Bonchev–Trinajstić information content (AvgIpc) is 2.66. The summed E-state index contributed by atoms with van der Waals surface area (Å²) in [5.74, 6) is -1.36. The molecule has 0 atom stereocenters. The first-order chi connectivity index (χ1) is 7.58. The Labute approximate surface area is 95.2 Å². The summed E-state index contributed by atoms with van der Waals surface area (Å²) in [5.41, 5.74) is 1.52. The van der Waals surface area contributed by atoms with Crippen molar-refractivity contribution in [2.45, 2.75) is 6.92 Å². The summed E-state index contributed by atoms with van der Waals surface area (Å²) in [6.07, 6.45) is 0. The Morgan fingerprint density at radius 3 is 2.81 bits per heavy atom. The SMILES string of the molecule is Cc1cc(F)ccc1-c1nc(C(=O)O)cs1. The van der Waals surface area contributed by atoms with Crippen LogP contribution in [-0.2, 0) is 0 Å². The van der Waals surface area contributed by atoms with Gasteiger partial charge in [-0.05, 0) is 30.7 Å². The quantitative estimate of drug-likeness (QED) is 0.873. The highest BCUT2D eigenvalue weighted by atomic mass is 32.1. The third-order valence-electron chi connectivity index (χ3n) is 2.14. The molecule has 0 saturated carbocycles. The Bertz CT molecular complexity index is 551. The minimum Gasteiger partial charge on any atom is -0.476 e. The Morgan fingerprint density at radius 2 is 2.25 bits per heavy atom. The van der Waals surface area contributed by atoms with Crippen LogP contribution in [0.1, 0.15) is 16.1 Å². The van der Waals surface area contributed by atoms with Gasteiger partial charge in [-0.2, -0.15) is 0 Å². The maximum absolute atomic E-state index is 12.9. The van der Waals surface area contributed by atoms with Crippen molar-refractivity contribution in [3.63, 3.8) is 0 Å². The lowest BCUT2D eigenvalue weighted by Gasteiger charge is -2.01. The number of nitrogens with zero attached hydrogens (tertiary/aromatic N) is 1. The lowest BCUT2D eigenvalue weighted by Crippen LogP contribution is -1.95. The molecule has 0 spiro atoms. The highest BCUT2D eigenvalue weighted by Gasteiger charge is 2.11. The molecule has 0 bridgehead atoms. The van der Waals surface area contributed by atoms with Crippen molar-refractivity contribution in [3.05, 3.63) is 40.7 Å². The van der Waals surface area contributed by atoms with Crippen LogP contribution in [0.3, 0.4) is 0 Å². The highest BCUT2D eigenvalue weighted by Crippen LogP contribution is 2.27. The summed E-state index contributed by atoms with van der Waals surface area (Å²) >= 11 is 1.24. The summed E-state index contributed by atoms with van der Waals surface area (Å²) in [6.45, 7) is 1.76. The van der Waals surface area contributed by atoms with E-state index in [1.54, 1.807) is 13.0 Å². The number of thiazole rings is 1. The first-order valence-corrected chi connectivity index (χ1v) is 5.41. The first-order valence-electron chi connectivity index (χ1n) is 4.53. The molecule has 1 aromatic heterocycles. The van der Waals surface area contributed by atoms with Crippen LogP contribution in [0.4, 0.5) is 4.39 Å². The van der Waals surface area contributed by atoms with Crippen LogP contribution in [0.25, 0.3) is 10.6 Å². The molecule has 0 aliphatic carbocycles. The number of aryl methyl sites for hydroxylation is 1. The van der Waals surface area contributed by atoms with Crippen LogP contribution in [0, 0.1) is 12.7 Å². The van der Waals surface area contributed by atoms with E-state index in [0.29, 0.717) is 5.01 Å². The van der Waals surface area contributed by atoms with E-state index in [0.717, 1.165) is 11.1 Å². The van der Waals surface area contributed by atoms with Crippen LogP contribution in [0.15, 0.2) is 23.6 Å². The monoisotopic (exact) mass is 237 g/mol. The first kappa shape index (κ1) is 10.8. The molecule has 0 aliphatic heterocycles. The Hall–Kier alpha value is -1.75. The predicted octanol–water partition coefficient (Wildman–Crippen LogP) is 2.96. The van der Waals surface area contributed by atoms with Gasteiger partial charge in [0.05, 0.1) is 0 Å². The minimum atomic E-state index is -1.05. The van der Waals surface area contributed by atoms with Gasteiger partial charge in [0.1, 0.15) is 10.8 Å². The molecule has 16 heavy (non-hydrogen) atoms. The maximum Gasteiger partial charge on any atom is 0.355 e. The third-order valence-corrected chi connectivity index (χ3v) is 3.02. The number of carboxylic acid groups (broad SMARTS) is 1. The number of aromatic nitrogens is 1. The topological polar surface area (TPSA) is 50.2 Å². The molecular weight excluding hydrogens is 229 g/mol. The number of benzene rings is 1. The second-order valence-corrected chi connectivity index (χ2v) is 4.16. The zero-order valence-corrected chi connectivity index (χ0v) is 9.21. The molecular formula is C11H8FNO2S. The predicted molar refractivity (Wildman–Crippen MR) is 59.2 cm³/mol. The summed E-state index contributed by atoms with van der Waals surface area (Å²) in [4.78, 5) is 14.6.